The molecule has 1 heterocycles. The van der Waals surface area contributed by atoms with Crippen molar-refractivity contribution in [1.82, 2.24) is 10.2 Å². The van der Waals surface area contributed by atoms with E-state index in [4.69, 9.17) is 10.2 Å². The Kier molecular flexibility index (Phi) is 1.85. The van der Waals surface area contributed by atoms with Crippen molar-refractivity contribution in [2.75, 3.05) is 5.73 Å². The summed E-state index contributed by atoms with van der Waals surface area (Å²) in [4.78, 5) is 10.7. The second-order valence-electron chi connectivity index (χ2n) is 2.99. The SMILES string of the molecule is Cc1ccc(-c2n[nH]c(=O)o2)cc1N. The van der Waals surface area contributed by atoms with Crippen LogP contribution in [0.15, 0.2) is 27.4 Å². The number of nitrogen functional groups attached to an aromatic ring is 1. The third-order valence-corrected chi connectivity index (χ3v) is 1.96. The Balaban J connectivity index is 2.52. The largest absolute Gasteiger partial charge is 0.434 e. The van der Waals surface area contributed by atoms with Gasteiger partial charge in [-0.15, -0.1) is 5.10 Å². The van der Waals surface area contributed by atoms with Gasteiger partial charge in [0.15, 0.2) is 0 Å². The van der Waals surface area contributed by atoms with Crippen LogP contribution in [0.5, 0.6) is 0 Å². The zero-order chi connectivity index (χ0) is 10.1. The quantitative estimate of drug-likeness (QED) is 0.656. The molecule has 72 valence electrons. The topological polar surface area (TPSA) is 84.9 Å². The number of nitrogens with two attached hydrogens (primary N) is 1. The fourth-order valence-electron chi connectivity index (χ4n) is 1.13. The summed E-state index contributed by atoms with van der Waals surface area (Å²) in [6.45, 7) is 1.90. The molecule has 14 heavy (non-hydrogen) atoms. The number of nitrogens with one attached hydrogen (secondary N) is 1. The van der Waals surface area contributed by atoms with Crippen LogP contribution in [-0.2, 0) is 0 Å². The average Bonchev–Trinajstić information content (AvgIpc) is 2.57. The van der Waals surface area contributed by atoms with Crippen molar-refractivity contribution in [3.8, 4) is 11.5 Å². The van der Waals surface area contributed by atoms with E-state index >= 15 is 0 Å². The Bertz CT molecular complexity index is 513. The Morgan fingerprint density at radius 1 is 1.50 bits per heavy atom. The Morgan fingerprint density at radius 2 is 2.29 bits per heavy atom. The average molecular weight is 191 g/mol. The van der Waals surface area contributed by atoms with Gasteiger partial charge in [-0.2, -0.15) is 0 Å². The molecule has 0 amide bonds. The molecular formula is C9H9N3O2. The predicted molar refractivity (Wildman–Crippen MR) is 51.7 cm³/mol. The van der Waals surface area contributed by atoms with Crippen molar-refractivity contribution in [1.29, 1.82) is 0 Å². The van der Waals surface area contributed by atoms with E-state index in [-0.39, 0.29) is 5.89 Å². The summed E-state index contributed by atoms with van der Waals surface area (Å²) in [6.07, 6.45) is 0. The van der Waals surface area contributed by atoms with Crippen LogP contribution in [0, 0.1) is 6.92 Å². The minimum Gasteiger partial charge on any atom is -0.398 e. The smallest absolute Gasteiger partial charge is 0.398 e. The Morgan fingerprint density at radius 3 is 2.86 bits per heavy atom. The van der Waals surface area contributed by atoms with E-state index in [1.54, 1.807) is 12.1 Å². The summed E-state index contributed by atoms with van der Waals surface area (Å²) in [7, 11) is 0. The first kappa shape index (κ1) is 8.55. The van der Waals surface area contributed by atoms with Gasteiger partial charge < -0.3 is 10.2 Å². The molecule has 0 radical (unpaired) electrons. The molecule has 0 fully saturated rings. The lowest BCUT2D eigenvalue weighted by atomic mass is 10.1. The highest BCUT2D eigenvalue weighted by molar-refractivity contribution is 5.62. The van der Waals surface area contributed by atoms with Gasteiger partial charge in [0.25, 0.3) is 0 Å². The van der Waals surface area contributed by atoms with E-state index in [0.29, 0.717) is 11.3 Å². The number of anilines is 1. The van der Waals surface area contributed by atoms with Crippen LogP contribution in [0.4, 0.5) is 5.69 Å². The first-order valence-corrected chi connectivity index (χ1v) is 4.09. The van der Waals surface area contributed by atoms with E-state index in [2.05, 4.69) is 10.2 Å². The normalized spacial score (nSPS) is 10.4. The zero-order valence-electron chi connectivity index (χ0n) is 7.57. The summed E-state index contributed by atoms with van der Waals surface area (Å²) >= 11 is 0. The van der Waals surface area contributed by atoms with Gasteiger partial charge in [-0.3, -0.25) is 0 Å². The van der Waals surface area contributed by atoms with Crippen molar-refractivity contribution in [3.05, 3.63) is 34.3 Å². The monoisotopic (exact) mass is 191 g/mol. The van der Waals surface area contributed by atoms with Crippen molar-refractivity contribution < 1.29 is 4.42 Å². The fraction of sp³-hybridized carbons (Fsp3) is 0.111. The molecular weight excluding hydrogens is 182 g/mol. The molecule has 2 rings (SSSR count). The molecule has 2 aromatic rings. The first-order valence-electron chi connectivity index (χ1n) is 4.09. The van der Waals surface area contributed by atoms with Gasteiger partial charge in [0.05, 0.1) is 0 Å². The number of benzene rings is 1. The summed E-state index contributed by atoms with van der Waals surface area (Å²) < 4.78 is 4.79. The Labute approximate surface area is 79.6 Å². The summed E-state index contributed by atoms with van der Waals surface area (Å²) in [5.74, 6) is -0.319. The van der Waals surface area contributed by atoms with Gasteiger partial charge in [-0.25, -0.2) is 9.89 Å². The maximum atomic E-state index is 10.7. The molecule has 5 heteroatoms. The first-order chi connectivity index (χ1) is 6.66. The number of aromatic nitrogens is 2. The lowest BCUT2D eigenvalue weighted by Crippen LogP contribution is -1.93. The van der Waals surface area contributed by atoms with Crippen molar-refractivity contribution in [2.24, 2.45) is 0 Å². The van der Waals surface area contributed by atoms with Gasteiger partial charge in [0, 0.05) is 11.3 Å². The van der Waals surface area contributed by atoms with Crippen LogP contribution in [0.3, 0.4) is 0 Å². The minimum atomic E-state index is -0.570. The number of hydrogen-bond donors (Lipinski definition) is 2. The lowest BCUT2D eigenvalue weighted by molar-refractivity contribution is 0.527. The van der Waals surface area contributed by atoms with Crippen molar-refractivity contribution in [2.45, 2.75) is 6.92 Å². The molecule has 0 aliphatic carbocycles. The van der Waals surface area contributed by atoms with E-state index in [1.807, 2.05) is 13.0 Å². The predicted octanol–water partition coefficient (Wildman–Crippen LogP) is 0.921. The molecule has 5 nitrogen and oxygen atoms in total. The molecule has 0 spiro atoms. The minimum absolute atomic E-state index is 0.252. The van der Waals surface area contributed by atoms with Crippen LogP contribution in [0.2, 0.25) is 0 Å². The van der Waals surface area contributed by atoms with Crippen LogP contribution in [0.25, 0.3) is 11.5 Å². The van der Waals surface area contributed by atoms with Crippen LogP contribution in [-0.4, -0.2) is 10.2 Å². The third-order valence-electron chi connectivity index (χ3n) is 1.96. The maximum absolute atomic E-state index is 10.7. The summed E-state index contributed by atoms with van der Waals surface area (Å²) in [5.41, 5.74) is 8.02. The van der Waals surface area contributed by atoms with Crippen molar-refractivity contribution >= 4 is 5.69 Å². The molecule has 0 atom stereocenters. The molecule has 0 aliphatic heterocycles. The Hall–Kier alpha value is -2.04. The highest BCUT2D eigenvalue weighted by Gasteiger charge is 2.05. The van der Waals surface area contributed by atoms with Gasteiger partial charge >= 0.3 is 5.76 Å². The summed E-state index contributed by atoms with van der Waals surface area (Å²) in [6, 6.07) is 5.36. The standard InChI is InChI=1S/C9H9N3O2/c1-5-2-3-6(4-7(5)10)8-11-12-9(13)14-8/h2-4H,10H2,1H3,(H,12,13). The number of aryl methyl sites for hydroxylation is 1. The number of rotatable bonds is 1. The molecule has 1 aromatic carbocycles. The second kappa shape index (κ2) is 3.02. The van der Waals surface area contributed by atoms with E-state index in [1.165, 1.54) is 0 Å². The molecule has 3 N–H and O–H groups in total. The molecule has 0 bridgehead atoms. The van der Waals surface area contributed by atoms with Gasteiger partial charge in [-0.1, -0.05) is 6.07 Å². The van der Waals surface area contributed by atoms with E-state index in [0.717, 1.165) is 5.56 Å². The molecule has 0 unspecified atom stereocenters. The van der Waals surface area contributed by atoms with E-state index < -0.39 is 5.76 Å². The number of H-pyrrole nitrogens is 1. The summed E-state index contributed by atoms with van der Waals surface area (Å²) in [5, 5.41) is 5.89. The highest BCUT2D eigenvalue weighted by atomic mass is 16.4. The van der Waals surface area contributed by atoms with Gasteiger partial charge in [0.1, 0.15) is 0 Å². The van der Waals surface area contributed by atoms with Gasteiger partial charge in [0.2, 0.25) is 5.89 Å². The molecule has 0 saturated heterocycles. The highest BCUT2D eigenvalue weighted by Crippen LogP contribution is 2.20. The second-order valence-corrected chi connectivity index (χ2v) is 2.99. The third kappa shape index (κ3) is 1.39. The lowest BCUT2D eigenvalue weighted by Gasteiger charge is -2.00. The van der Waals surface area contributed by atoms with E-state index in [9.17, 15) is 4.79 Å². The molecule has 0 saturated carbocycles. The molecule has 1 aromatic heterocycles. The zero-order valence-corrected chi connectivity index (χ0v) is 7.57. The number of aromatic amines is 1. The number of nitrogens with zero attached hydrogens (tertiary/aromatic N) is 1. The molecule has 0 aliphatic rings. The van der Waals surface area contributed by atoms with Crippen LogP contribution in [0.1, 0.15) is 5.56 Å². The van der Waals surface area contributed by atoms with Gasteiger partial charge in [-0.05, 0) is 24.6 Å². The fourth-order valence-corrected chi connectivity index (χ4v) is 1.13. The number of hydrogen-bond acceptors (Lipinski definition) is 4. The van der Waals surface area contributed by atoms with Crippen LogP contribution >= 0.6 is 0 Å². The maximum Gasteiger partial charge on any atom is 0.434 e. The van der Waals surface area contributed by atoms with Crippen molar-refractivity contribution in [3.63, 3.8) is 0 Å². The van der Waals surface area contributed by atoms with Crippen LogP contribution < -0.4 is 11.5 Å².